The smallest absolute Gasteiger partial charge is 0.339 e. The lowest BCUT2D eigenvalue weighted by Gasteiger charge is -2.10. The highest BCUT2D eigenvalue weighted by Gasteiger charge is 2.13. The molecule has 20 heavy (non-hydrogen) atoms. The minimum absolute atomic E-state index is 0.0945. The molecule has 0 amide bonds. The predicted octanol–water partition coefficient (Wildman–Crippen LogP) is 1.84. The minimum atomic E-state index is -1.04. The summed E-state index contributed by atoms with van der Waals surface area (Å²) >= 11 is 0. The molecule has 0 fully saturated rings. The number of hydrogen-bond donors (Lipinski definition) is 2. The van der Waals surface area contributed by atoms with Gasteiger partial charge >= 0.3 is 5.97 Å². The van der Waals surface area contributed by atoms with Crippen LogP contribution in [0.4, 0.5) is 5.69 Å². The van der Waals surface area contributed by atoms with Gasteiger partial charge in [-0.2, -0.15) is 5.10 Å². The Morgan fingerprint density at radius 1 is 1.45 bits per heavy atom. The first-order valence-electron chi connectivity index (χ1n) is 6.28. The summed E-state index contributed by atoms with van der Waals surface area (Å²) < 4.78 is 7.31. The molecule has 0 aliphatic heterocycles. The van der Waals surface area contributed by atoms with Crippen molar-refractivity contribution in [3.05, 3.63) is 41.2 Å². The molecule has 0 aliphatic carbocycles. The van der Waals surface area contributed by atoms with Crippen LogP contribution in [0, 0.1) is 0 Å². The second-order valence-corrected chi connectivity index (χ2v) is 4.45. The molecule has 0 bridgehead atoms. The molecule has 0 spiro atoms. The summed E-state index contributed by atoms with van der Waals surface area (Å²) in [5.41, 5.74) is 8.06. The lowest BCUT2D eigenvalue weighted by molar-refractivity contribution is 0.0691. The van der Waals surface area contributed by atoms with Crippen molar-refractivity contribution in [2.75, 3.05) is 5.73 Å². The maximum atomic E-state index is 11.1. The molecular formula is C14H17N3O3. The molecule has 0 saturated heterocycles. The third-order valence-electron chi connectivity index (χ3n) is 3.00. The molecular weight excluding hydrogens is 258 g/mol. The van der Waals surface area contributed by atoms with E-state index in [2.05, 4.69) is 5.10 Å². The number of anilines is 1. The predicted molar refractivity (Wildman–Crippen MR) is 74.7 cm³/mol. The summed E-state index contributed by atoms with van der Waals surface area (Å²) in [6, 6.07) is 6.43. The molecule has 106 valence electrons. The molecule has 6 nitrogen and oxygen atoms in total. The quantitative estimate of drug-likeness (QED) is 0.812. The van der Waals surface area contributed by atoms with Crippen LogP contribution in [0.5, 0.6) is 5.75 Å². The van der Waals surface area contributed by atoms with Crippen molar-refractivity contribution in [1.82, 2.24) is 9.78 Å². The van der Waals surface area contributed by atoms with E-state index in [0.717, 1.165) is 17.8 Å². The van der Waals surface area contributed by atoms with E-state index >= 15 is 0 Å². The molecule has 3 N–H and O–H groups in total. The Labute approximate surface area is 116 Å². The van der Waals surface area contributed by atoms with Gasteiger partial charge in [0.15, 0.2) is 0 Å². The molecule has 6 heteroatoms. The van der Waals surface area contributed by atoms with E-state index in [1.54, 1.807) is 4.68 Å². The van der Waals surface area contributed by atoms with Crippen LogP contribution in [-0.4, -0.2) is 20.9 Å². The fourth-order valence-electron chi connectivity index (χ4n) is 1.87. The lowest BCUT2D eigenvalue weighted by Crippen LogP contribution is -2.07. The molecule has 0 aliphatic rings. The van der Waals surface area contributed by atoms with Gasteiger partial charge in [0.25, 0.3) is 0 Å². The van der Waals surface area contributed by atoms with Crippen LogP contribution in [0.2, 0.25) is 0 Å². The Kier molecular flexibility index (Phi) is 3.93. The van der Waals surface area contributed by atoms with Gasteiger partial charge in [-0.3, -0.25) is 4.68 Å². The number of nitrogens with two attached hydrogens (primary N) is 1. The molecule has 1 heterocycles. The van der Waals surface area contributed by atoms with Gasteiger partial charge in [-0.05, 0) is 24.6 Å². The maximum absolute atomic E-state index is 11.1. The minimum Gasteiger partial charge on any atom is -0.486 e. The number of aromatic carboxylic acids is 1. The summed E-state index contributed by atoms with van der Waals surface area (Å²) in [6.45, 7) is 2.26. The van der Waals surface area contributed by atoms with Crippen molar-refractivity contribution in [2.45, 2.75) is 20.0 Å². The number of nitrogen functional groups attached to an aromatic ring is 1. The van der Waals surface area contributed by atoms with E-state index in [1.807, 2.05) is 20.0 Å². The number of rotatable bonds is 5. The molecule has 0 saturated carbocycles. The van der Waals surface area contributed by atoms with Crippen LogP contribution in [0.1, 0.15) is 28.7 Å². The average molecular weight is 275 g/mol. The standard InChI is InChI=1S/C14H17N3O3/c1-3-10-7-11(17(2)16-10)8-20-13-6-9(15)4-5-12(13)14(18)19/h4-7H,3,8,15H2,1-2H3,(H,18,19). The first kappa shape index (κ1) is 13.9. The molecule has 1 aromatic heterocycles. The van der Waals surface area contributed by atoms with E-state index in [1.165, 1.54) is 18.2 Å². The number of aryl methyl sites for hydroxylation is 2. The zero-order valence-corrected chi connectivity index (χ0v) is 11.5. The van der Waals surface area contributed by atoms with Crippen LogP contribution in [0.3, 0.4) is 0 Å². The SMILES string of the molecule is CCc1cc(COc2cc(N)ccc2C(=O)O)n(C)n1. The largest absolute Gasteiger partial charge is 0.486 e. The zero-order valence-electron chi connectivity index (χ0n) is 11.5. The van der Waals surface area contributed by atoms with Gasteiger partial charge in [-0.25, -0.2) is 4.79 Å². The third kappa shape index (κ3) is 2.90. The second kappa shape index (κ2) is 5.64. The van der Waals surface area contributed by atoms with Gasteiger partial charge in [-0.1, -0.05) is 6.92 Å². The van der Waals surface area contributed by atoms with Gasteiger partial charge in [0.2, 0.25) is 0 Å². The number of aromatic nitrogens is 2. The highest BCUT2D eigenvalue weighted by Crippen LogP contribution is 2.23. The van der Waals surface area contributed by atoms with Crippen LogP contribution >= 0.6 is 0 Å². The first-order valence-corrected chi connectivity index (χ1v) is 6.28. The van der Waals surface area contributed by atoms with Crippen molar-refractivity contribution in [2.24, 2.45) is 7.05 Å². The van der Waals surface area contributed by atoms with Crippen LogP contribution in [0.25, 0.3) is 0 Å². The first-order chi connectivity index (χ1) is 9.51. The zero-order chi connectivity index (χ0) is 14.7. The molecule has 2 aromatic rings. The number of carboxylic acids is 1. The number of hydrogen-bond acceptors (Lipinski definition) is 4. The van der Waals surface area contributed by atoms with Gasteiger partial charge in [0, 0.05) is 18.8 Å². The molecule has 0 atom stereocenters. The molecule has 1 aromatic carbocycles. The van der Waals surface area contributed by atoms with Gasteiger partial charge in [0.05, 0.1) is 11.4 Å². The fourth-order valence-corrected chi connectivity index (χ4v) is 1.87. The topological polar surface area (TPSA) is 90.4 Å². The van der Waals surface area contributed by atoms with Gasteiger partial charge < -0.3 is 15.6 Å². The number of carboxylic acid groups (broad SMARTS) is 1. The second-order valence-electron chi connectivity index (χ2n) is 4.45. The summed E-state index contributed by atoms with van der Waals surface area (Å²) in [5, 5.41) is 13.4. The summed E-state index contributed by atoms with van der Waals surface area (Å²) in [5.74, 6) is -0.781. The van der Waals surface area contributed by atoms with E-state index in [9.17, 15) is 4.79 Å². The Balaban J connectivity index is 2.19. The number of nitrogens with zero attached hydrogens (tertiary/aromatic N) is 2. The normalized spacial score (nSPS) is 10.5. The van der Waals surface area contributed by atoms with Gasteiger partial charge in [-0.15, -0.1) is 0 Å². The van der Waals surface area contributed by atoms with Crippen LogP contribution in [-0.2, 0) is 20.1 Å². The summed E-state index contributed by atoms with van der Waals surface area (Å²) in [6.07, 6.45) is 0.840. The van der Waals surface area contributed by atoms with E-state index in [4.69, 9.17) is 15.6 Å². The third-order valence-corrected chi connectivity index (χ3v) is 3.00. The van der Waals surface area contributed by atoms with Crippen molar-refractivity contribution < 1.29 is 14.6 Å². The van der Waals surface area contributed by atoms with Gasteiger partial charge in [0.1, 0.15) is 17.9 Å². The molecule has 0 radical (unpaired) electrons. The van der Waals surface area contributed by atoms with E-state index < -0.39 is 5.97 Å². The Morgan fingerprint density at radius 3 is 2.80 bits per heavy atom. The Morgan fingerprint density at radius 2 is 2.20 bits per heavy atom. The lowest BCUT2D eigenvalue weighted by atomic mass is 10.2. The van der Waals surface area contributed by atoms with Crippen LogP contribution < -0.4 is 10.5 Å². The fraction of sp³-hybridized carbons (Fsp3) is 0.286. The molecule has 0 unspecified atom stereocenters. The Hall–Kier alpha value is -2.50. The van der Waals surface area contributed by atoms with Crippen molar-refractivity contribution in [3.8, 4) is 5.75 Å². The van der Waals surface area contributed by atoms with E-state index in [-0.39, 0.29) is 17.9 Å². The Bertz CT molecular complexity index is 635. The van der Waals surface area contributed by atoms with Crippen molar-refractivity contribution in [3.63, 3.8) is 0 Å². The van der Waals surface area contributed by atoms with E-state index in [0.29, 0.717) is 5.69 Å². The monoisotopic (exact) mass is 275 g/mol. The van der Waals surface area contributed by atoms with Crippen molar-refractivity contribution >= 4 is 11.7 Å². The number of carbonyl (C=O) groups is 1. The summed E-state index contributed by atoms with van der Waals surface area (Å²) in [4.78, 5) is 11.1. The highest BCUT2D eigenvalue weighted by atomic mass is 16.5. The van der Waals surface area contributed by atoms with Crippen LogP contribution in [0.15, 0.2) is 24.3 Å². The average Bonchev–Trinajstić information content (AvgIpc) is 2.76. The maximum Gasteiger partial charge on any atom is 0.339 e. The number of benzene rings is 1. The summed E-state index contributed by atoms with van der Waals surface area (Å²) in [7, 11) is 1.83. The highest BCUT2D eigenvalue weighted by molar-refractivity contribution is 5.91. The van der Waals surface area contributed by atoms with Crippen molar-refractivity contribution in [1.29, 1.82) is 0 Å². The molecule has 2 rings (SSSR count). The number of ether oxygens (including phenoxy) is 1.